The fourth-order valence-corrected chi connectivity index (χ4v) is 2.19. The molecule has 1 aromatic carbocycles. The van der Waals surface area contributed by atoms with Gasteiger partial charge in [-0.05, 0) is 19.1 Å². The Hall–Kier alpha value is -2.29. The number of aromatic nitrogens is 2. The molecule has 0 radical (unpaired) electrons. The van der Waals surface area contributed by atoms with E-state index < -0.39 is 0 Å². The van der Waals surface area contributed by atoms with Crippen LogP contribution in [0.3, 0.4) is 0 Å². The van der Waals surface area contributed by atoms with Crippen molar-refractivity contribution < 1.29 is 4.74 Å². The molecule has 3 heteroatoms. The van der Waals surface area contributed by atoms with Crippen molar-refractivity contribution in [2.45, 2.75) is 6.92 Å². The minimum atomic E-state index is 0.794. The number of hydrogen-bond donors (Lipinski definition) is 0. The van der Waals surface area contributed by atoms with Gasteiger partial charge < -0.3 is 9.14 Å². The second-order valence-corrected chi connectivity index (χ2v) is 4.18. The maximum atomic E-state index is 5.35. The SMILES string of the molecule is COc1cccn2c(C)c(-c3ccccc3)nc12. The highest BCUT2D eigenvalue weighted by Gasteiger charge is 2.12. The number of hydrogen-bond acceptors (Lipinski definition) is 2. The van der Waals surface area contributed by atoms with Crippen molar-refractivity contribution >= 4 is 5.65 Å². The lowest BCUT2D eigenvalue weighted by atomic mass is 10.1. The van der Waals surface area contributed by atoms with E-state index >= 15 is 0 Å². The van der Waals surface area contributed by atoms with Crippen molar-refractivity contribution in [3.63, 3.8) is 0 Å². The van der Waals surface area contributed by atoms with Crippen LogP contribution < -0.4 is 4.74 Å². The van der Waals surface area contributed by atoms with E-state index in [1.165, 1.54) is 0 Å². The molecule has 0 fully saturated rings. The van der Waals surface area contributed by atoms with Gasteiger partial charge in [0.25, 0.3) is 0 Å². The molecule has 18 heavy (non-hydrogen) atoms. The Bertz CT molecular complexity index is 686. The van der Waals surface area contributed by atoms with Gasteiger partial charge in [-0.15, -0.1) is 0 Å². The molecule has 0 atom stereocenters. The van der Waals surface area contributed by atoms with Gasteiger partial charge in [-0.2, -0.15) is 0 Å². The first kappa shape index (κ1) is 10.8. The number of nitrogens with zero attached hydrogens (tertiary/aromatic N) is 2. The fourth-order valence-electron chi connectivity index (χ4n) is 2.19. The lowest BCUT2D eigenvalue weighted by Crippen LogP contribution is -1.90. The summed E-state index contributed by atoms with van der Waals surface area (Å²) >= 11 is 0. The van der Waals surface area contributed by atoms with Crippen LogP contribution >= 0.6 is 0 Å². The van der Waals surface area contributed by atoms with Crippen LogP contribution in [0.1, 0.15) is 5.69 Å². The molecule has 0 bridgehead atoms. The summed E-state index contributed by atoms with van der Waals surface area (Å²) in [6.45, 7) is 2.07. The highest BCUT2D eigenvalue weighted by Crippen LogP contribution is 2.27. The van der Waals surface area contributed by atoms with E-state index in [1.54, 1.807) is 7.11 Å². The van der Waals surface area contributed by atoms with E-state index in [-0.39, 0.29) is 0 Å². The quantitative estimate of drug-likeness (QED) is 0.684. The largest absolute Gasteiger partial charge is 0.493 e. The van der Waals surface area contributed by atoms with Crippen molar-refractivity contribution in [1.29, 1.82) is 0 Å². The van der Waals surface area contributed by atoms with E-state index in [2.05, 4.69) is 23.5 Å². The molecule has 0 spiro atoms. The van der Waals surface area contributed by atoms with Crippen molar-refractivity contribution in [2.24, 2.45) is 0 Å². The molecule has 2 heterocycles. The van der Waals surface area contributed by atoms with Gasteiger partial charge in [0, 0.05) is 17.5 Å². The number of rotatable bonds is 2. The third kappa shape index (κ3) is 1.56. The molecule has 0 aliphatic heterocycles. The van der Waals surface area contributed by atoms with Crippen molar-refractivity contribution in [1.82, 2.24) is 9.38 Å². The van der Waals surface area contributed by atoms with Gasteiger partial charge >= 0.3 is 0 Å². The second kappa shape index (κ2) is 4.18. The Labute approximate surface area is 106 Å². The molecular formula is C15H14N2O. The van der Waals surface area contributed by atoms with E-state index in [0.717, 1.165) is 28.3 Å². The standard InChI is InChI=1S/C15H14N2O/c1-11-14(12-7-4-3-5-8-12)16-15-13(18-2)9-6-10-17(11)15/h3-10H,1-2H3. The summed E-state index contributed by atoms with van der Waals surface area (Å²) in [5.74, 6) is 0.794. The third-order valence-electron chi connectivity index (χ3n) is 3.12. The van der Waals surface area contributed by atoms with Crippen LogP contribution in [-0.4, -0.2) is 16.5 Å². The number of methoxy groups -OCH3 is 1. The van der Waals surface area contributed by atoms with Crippen LogP contribution in [0.5, 0.6) is 5.75 Å². The van der Waals surface area contributed by atoms with Crippen molar-refractivity contribution in [3.05, 3.63) is 54.4 Å². The molecule has 90 valence electrons. The number of pyridine rings is 1. The number of benzene rings is 1. The van der Waals surface area contributed by atoms with Gasteiger partial charge in [0.15, 0.2) is 11.4 Å². The van der Waals surface area contributed by atoms with E-state index in [0.29, 0.717) is 0 Å². The predicted octanol–water partition coefficient (Wildman–Crippen LogP) is 3.32. The van der Waals surface area contributed by atoms with Gasteiger partial charge in [-0.1, -0.05) is 30.3 Å². The average molecular weight is 238 g/mol. The topological polar surface area (TPSA) is 26.5 Å². The van der Waals surface area contributed by atoms with Crippen LogP contribution in [0.15, 0.2) is 48.7 Å². The normalized spacial score (nSPS) is 10.8. The minimum absolute atomic E-state index is 0.794. The highest BCUT2D eigenvalue weighted by atomic mass is 16.5. The average Bonchev–Trinajstić information content (AvgIpc) is 2.77. The Kier molecular flexibility index (Phi) is 2.52. The van der Waals surface area contributed by atoms with Crippen molar-refractivity contribution in [3.8, 4) is 17.0 Å². The zero-order valence-electron chi connectivity index (χ0n) is 10.4. The van der Waals surface area contributed by atoms with Gasteiger partial charge in [-0.25, -0.2) is 4.98 Å². The fraction of sp³-hybridized carbons (Fsp3) is 0.133. The van der Waals surface area contributed by atoms with Crippen LogP contribution in [0.25, 0.3) is 16.9 Å². The monoisotopic (exact) mass is 238 g/mol. The summed E-state index contributed by atoms with van der Waals surface area (Å²) in [6, 6.07) is 14.1. The Balaban J connectivity index is 2.29. The Morgan fingerprint density at radius 2 is 1.83 bits per heavy atom. The first-order valence-corrected chi connectivity index (χ1v) is 5.88. The Morgan fingerprint density at radius 1 is 1.06 bits per heavy atom. The maximum absolute atomic E-state index is 5.35. The molecule has 0 N–H and O–H groups in total. The molecule has 3 nitrogen and oxygen atoms in total. The summed E-state index contributed by atoms with van der Waals surface area (Å²) in [4.78, 5) is 4.69. The zero-order valence-corrected chi connectivity index (χ0v) is 10.4. The highest BCUT2D eigenvalue weighted by molar-refractivity contribution is 5.69. The van der Waals surface area contributed by atoms with Gasteiger partial charge in [-0.3, -0.25) is 0 Å². The Morgan fingerprint density at radius 3 is 2.56 bits per heavy atom. The zero-order chi connectivity index (χ0) is 12.5. The van der Waals surface area contributed by atoms with Gasteiger partial charge in [0.2, 0.25) is 0 Å². The smallest absolute Gasteiger partial charge is 0.180 e. The first-order chi connectivity index (χ1) is 8.81. The molecule has 0 saturated carbocycles. The predicted molar refractivity (Wildman–Crippen MR) is 71.9 cm³/mol. The summed E-state index contributed by atoms with van der Waals surface area (Å²) in [5.41, 5.74) is 4.10. The molecule has 3 rings (SSSR count). The van der Waals surface area contributed by atoms with Crippen LogP contribution in [0, 0.1) is 6.92 Å². The molecular weight excluding hydrogens is 224 g/mol. The molecule has 0 saturated heterocycles. The van der Waals surface area contributed by atoms with Crippen molar-refractivity contribution in [2.75, 3.05) is 7.11 Å². The van der Waals surface area contributed by atoms with Gasteiger partial charge in [0.05, 0.1) is 12.8 Å². The first-order valence-electron chi connectivity index (χ1n) is 5.88. The summed E-state index contributed by atoms with van der Waals surface area (Å²) < 4.78 is 7.41. The molecule has 0 unspecified atom stereocenters. The number of fused-ring (bicyclic) bond motifs is 1. The van der Waals surface area contributed by atoms with E-state index in [4.69, 9.17) is 9.72 Å². The van der Waals surface area contributed by atoms with Crippen LogP contribution in [-0.2, 0) is 0 Å². The molecule has 3 aromatic rings. The number of ether oxygens (including phenoxy) is 1. The molecule has 0 aliphatic carbocycles. The van der Waals surface area contributed by atoms with E-state index in [9.17, 15) is 0 Å². The third-order valence-corrected chi connectivity index (χ3v) is 3.12. The van der Waals surface area contributed by atoms with Gasteiger partial charge in [0.1, 0.15) is 0 Å². The van der Waals surface area contributed by atoms with E-state index in [1.807, 2.05) is 36.5 Å². The summed E-state index contributed by atoms with van der Waals surface area (Å²) in [6.07, 6.45) is 2.01. The maximum Gasteiger partial charge on any atom is 0.180 e. The lowest BCUT2D eigenvalue weighted by molar-refractivity contribution is 0.417. The summed E-state index contributed by atoms with van der Waals surface area (Å²) in [7, 11) is 1.67. The molecule has 2 aromatic heterocycles. The summed E-state index contributed by atoms with van der Waals surface area (Å²) in [5, 5.41) is 0. The minimum Gasteiger partial charge on any atom is -0.493 e. The molecule has 0 aliphatic rings. The van der Waals surface area contributed by atoms with Crippen LogP contribution in [0.2, 0.25) is 0 Å². The number of aryl methyl sites for hydroxylation is 1. The molecule has 0 amide bonds. The second-order valence-electron chi connectivity index (χ2n) is 4.18. The lowest BCUT2D eigenvalue weighted by Gasteiger charge is -2.01. The van der Waals surface area contributed by atoms with Crippen LogP contribution in [0.4, 0.5) is 0 Å². The number of imidazole rings is 1.